The number of nitrogens with zero attached hydrogens (tertiary/aromatic N) is 3. The molecule has 0 aliphatic carbocycles. The van der Waals surface area contributed by atoms with Crippen LogP contribution in [-0.4, -0.2) is 24.5 Å². The van der Waals surface area contributed by atoms with Gasteiger partial charge in [0.1, 0.15) is 17.2 Å². The van der Waals surface area contributed by atoms with Crippen molar-refractivity contribution in [2.45, 2.75) is 65.2 Å². The fourth-order valence-corrected chi connectivity index (χ4v) is 3.64. The number of hydrogen-bond acceptors (Lipinski definition) is 6. The molecule has 6 nitrogen and oxygen atoms in total. The van der Waals surface area contributed by atoms with E-state index in [4.69, 9.17) is 9.47 Å². The molecule has 0 fully saturated rings. The van der Waals surface area contributed by atoms with E-state index < -0.39 is 0 Å². The number of phenols is 1. The maximum absolute atomic E-state index is 10.2. The summed E-state index contributed by atoms with van der Waals surface area (Å²) < 4.78 is 11.5. The summed E-state index contributed by atoms with van der Waals surface area (Å²) in [5.41, 5.74) is 2.70. The van der Waals surface area contributed by atoms with Crippen molar-refractivity contribution in [2.75, 3.05) is 13.2 Å². The predicted octanol–water partition coefficient (Wildman–Crippen LogP) is 9.48. The van der Waals surface area contributed by atoms with Crippen LogP contribution in [0.1, 0.15) is 70.8 Å². The Balaban J connectivity index is 1.52. The van der Waals surface area contributed by atoms with Crippen LogP contribution in [0.3, 0.4) is 0 Å². The highest BCUT2D eigenvalue weighted by molar-refractivity contribution is 5.86. The smallest absolute Gasteiger partial charge is 0.124 e. The van der Waals surface area contributed by atoms with Crippen molar-refractivity contribution < 1.29 is 14.6 Å². The molecule has 1 N–H and O–H groups in total. The van der Waals surface area contributed by atoms with E-state index in [2.05, 4.69) is 29.1 Å². The molecule has 0 bridgehead atoms. The van der Waals surface area contributed by atoms with E-state index in [-0.39, 0.29) is 5.75 Å². The molecule has 0 aliphatic rings. The molecule has 196 valence electrons. The molecule has 0 saturated carbocycles. The molecule has 0 aliphatic heterocycles. The van der Waals surface area contributed by atoms with E-state index in [9.17, 15) is 5.11 Å². The Morgan fingerprint density at radius 3 is 1.78 bits per heavy atom. The predicted molar refractivity (Wildman–Crippen MR) is 152 cm³/mol. The summed E-state index contributed by atoms with van der Waals surface area (Å²) >= 11 is 0. The van der Waals surface area contributed by atoms with Gasteiger partial charge in [0.15, 0.2) is 0 Å². The third-order valence-corrected chi connectivity index (χ3v) is 5.85. The lowest BCUT2D eigenvalue weighted by Crippen LogP contribution is -1.96. The number of ether oxygens (including phenoxy) is 2. The largest absolute Gasteiger partial charge is 0.507 e. The minimum atomic E-state index is 0.134. The molecule has 0 atom stereocenters. The van der Waals surface area contributed by atoms with Gasteiger partial charge >= 0.3 is 0 Å². The van der Waals surface area contributed by atoms with Crippen molar-refractivity contribution in [1.29, 1.82) is 0 Å². The molecule has 0 amide bonds. The quantitative estimate of drug-likeness (QED) is 0.121. The van der Waals surface area contributed by atoms with Crippen LogP contribution in [0, 0.1) is 0 Å². The topological polar surface area (TPSA) is 75.8 Å². The number of rotatable bonds is 16. The minimum Gasteiger partial charge on any atom is -0.507 e. The number of azo groups is 1. The van der Waals surface area contributed by atoms with Gasteiger partial charge in [-0.05, 0) is 79.6 Å². The molecule has 0 saturated heterocycles. The molecule has 3 aromatic rings. The lowest BCUT2D eigenvalue weighted by Gasteiger charge is -2.06. The summed E-state index contributed by atoms with van der Waals surface area (Å²) in [5.74, 6) is 1.81. The summed E-state index contributed by atoms with van der Waals surface area (Å²) in [6.07, 6.45) is 11.1. The lowest BCUT2D eigenvalue weighted by atomic mass is 10.2. The first-order chi connectivity index (χ1) is 18.2. The zero-order valence-corrected chi connectivity index (χ0v) is 22.1. The number of unbranched alkanes of at least 4 members (excludes halogenated alkanes) is 6. The number of aliphatic imine (C=N–C) groups is 1. The third-order valence-electron chi connectivity index (χ3n) is 5.85. The monoisotopic (exact) mass is 501 g/mol. The SMILES string of the molecule is CCCCCCCOc1ccc(N=Nc2ccc(O)c(C=Nc3ccc(OCCCCC)cc3)c2)cc1. The number of hydrogen-bond donors (Lipinski definition) is 1. The van der Waals surface area contributed by atoms with Crippen molar-refractivity contribution >= 4 is 23.3 Å². The zero-order chi connectivity index (χ0) is 26.1. The minimum absolute atomic E-state index is 0.134. The Morgan fingerprint density at radius 1 is 0.622 bits per heavy atom. The van der Waals surface area contributed by atoms with Gasteiger partial charge in [0.25, 0.3) is 0 Å². The van der Waals surface area contributed by atoms with Crippen LogP contribution in [0.15, 0.2) is 82.0 Å². The Labute approximate surface area is 221 Å². The maximum Gasteiger partial charge on any atom is 0.124 e. The van der Waals surface area contributed by atoms with Crippen LogP contribution in [0.4, 0.5) is 17.1 Å². The number of benzene rings is 3. The van der Waals surface area contributed by atoms with Gasteiger partial charge in [-0.1, -0.05) is 52.4 Å². The first kappa shape index (κ1) is 27.9. The average Bonchev–Trinajstić information content (AvgIpc) is 2.93. The Morgan fingerprint density at radius 2 is 1.14 bits per heavy atom. The van der Waals surface area contributed by atoms with Crippen molar-refractivity contribution in [3.8, 4) is 17.2 Å². The molecule has 37 heavy (non-hydrogen) atoms. The summed E-state index contributed by atoms with van der Waals surface area (Å²) in [7, 11) is 0. The van der Waals surface area contributed by atoms with Gasteiger partial charge < -0.3 is 14.6 Å². The van der Waals surface area contributed by atoms with Gasteiger partial charge in [-0.15, -0.1) is 0 Å². The third kappa shape index (κ3) is 10.5. The average molecular weight is 502 g/mol. The van der Waals surface area contributed by atoms with Gasteiger partial charge in [0.2, 0.25) is 0 Å². The number of phenolic OH excluding ortho intramolecular Hbond substituents is 1. The molecule has 6 heteroatoms. The van der Waals surface area contributed by atoms with Crippen LogP contribution >= 0.6 is 0 Å². The highest BCUT2D eigenvalue weighted by atomic mass is 16.5. The molecule has 3 rings (SSSR count). The normalized spacial score (nSPS) is 11.4. The van der Waals surface area contributed by atoms with E-state index in [1.165, 1.54) is 38.5 Å². The van der Waals surface area contributed by atoms with E-state index in [1.807, 2.05) is 48.5 Å². The van der Waals surface area contributed by atoms with Crippen molar-refractivity contribution in [2.24, 2.45) is 15.2 Å². The van der Waals surface area contributed by atoms with Crippen molar-refractivity contribution in [3.63, 3.8) is 0 Å². The van der Waals surface area contributed by atoms with E-state index in [0.717, 1.165) is 48.9 Å². The van der Waals surface area contributed by atoms with Gasteiger partial charge in [0, 0.05) is 11.8 Å². The molecule has 0 heterocycles. The first-order valence-electron chi connectivity index (χ1n) is 13.4. The molecule has 3 aromatic carbocycles. The second-order valence-corrected chi connectivity index (χ2v) is 9.01. The van der Waals surface area contributed by atoms with Crippen molar-refractivity contribution in [3.05, 3.63) is 72.3 Å². The van der Waals surface area contributed by atoms with Crippen molar-refractivity contribution in [1.82, 2.24) is 0 Å². The molecule has 0 aromatic heterocycles. The van der Waals surface area contributed by atoms with Gasteiger partial charge in [-0.25, -0.2) is 0 Å². The maximum atomic E-state index is 10.2. The van der Waals surface area contributed by atoms with E-state index in [1.54, 1.807) is 24.4 Å². The summed E-state index contributed by atoms with van der Waals surface area (Å²) in [6.45, 7) is 5.86. The summed E-state index contributed by atoms with van der Waals surface area (Å²) in [5, 5.41) is 18.9. The fraction of sp³-hybridized carbons (Fsp3) is 0.387. The highest BCUT2D eigenvalue weighted by Crippen LogP contribution is 2.26. The summed E-state index contributed by atoms with van der Waals surface area (Å²) in [6, 6.07) is 20.3. The van der Waals surface area contributed by atoms with Gasteiger partial charge in [-0.3, -0.25) is 4.99 Å². The van der Waals surface area contributed by atoms with Crippen LogP contribution < -0.4 is 9.47 Å². The van der Waals surface area contributed by atoms with Crippen LogP contribution in [0.2, 0.25) is 0 Å². The van der Waals surface area contributed by atoms with E-state index in [0.29, 0.717) is 11.3 Å². The highest BCUT2D eigenvalue weighted by Gasteiger charge is 2.02. The number of aromatic hydroxyl groups is 1. The van der Waals surface area contributed by atoms with Crippen LogP contribution in [0.5, 0.6) is 17.2 Å². The molecular weight excluding hydrogens is 462 g/mol. The van der Waals surface area contributed by atoms with Crippen LogP contribution in [0.25, 0.3) is 0 Å². The Kier molecular flexibility index (Phi) is 12.2. The lowest BCUT2D eigenvalue weighted by molar-refractivity contribution is 0.304. The van der Waals surface area contributed by atoms with Gasteiger partial charge in [-0.2, -0.15) is 10.2 Å². The van der Waals surface area contributed by atoms with E-state index >= 15 is 0 Å². The zero-order valence-electron chi connectivity index (χ0n) is 22.1. The van der Waals surface area contributed by atoms with Gasteiger partial charge in [0.05, 0.1) is 30.3 Å². The molecule has 0 radical (unpaired) electrons. The first-order valence-corrected chi connectivity index (χ1v) is 13.4. The molecular formula is C31H39N3O3. The Hall–Kier alpha value is -3.67. The standard InChI is InChI=1S/C31H39N3O3/c1-3-5-7-8-10-22-37-30-18-13-27(14-19-30)33-34-28-15-20-31(35)25(23-28)24-32-26-11-16-29(17-12-26)36-21-9-6-4-2/h11-20,23-24,35H,3-10,21-22H2,1-2H3. The van der Waals surface area contributed by atoms with Crippen LogP contribution in [-0.2, 0) is 0 Å². The second kappa shape index (κ2) is 16.1. The Bertz CT molecular complexity index is 1110. The molecule has 0 spiro atoms. The summed E-state index contributed by atoms with van der Waals surface area (Å²) in [4.78, 5) is 4.48. The molecule has 0 unspecified atom stereocenters. The second-order valence-electron chi connectivity index (χ2n) is 9.01. The fourth-order valence-electron chi connectivity index (χ4n) is 3.64.